The maximum Gasteiger partial charge on any atom is 0.222 e. The van der Waals surface area contributed by atoms with E-state index in [4.69, 9.17) is 0 Å². The van der Waals surface area contributed by atoms with Gasteiger partial charge < -0.3 is 10.2 Å². The summed E-state index contributed by atoms with van der Waals surface area (Å²) in [6.07, 6.45) is 0.612. The molecule has 1 aliphatic rings. The summed E-state index contributed by atoms with van der Waals surface area (Å²) in [5.74, 6) is 0.272. The van der Waals surface area contributed by atoms with Crippen LogP contribution in [0.2, 0.25) is 0 Å². The lowest BCUT2D eigenvalue weighted by Gasteiger charge is -2.43. The highest BCUT2D eigenvalue weighted by Crippen LogP contribution is 2.15. The fourth-order valence-electron chi connectivity index (χ4n) is 1.92. The molecule has 3 unspecified atom stereocenters. The normalized spacial score (nSPS) is 34.8. The standard InChI is InChI=1S/C10H20N2O/c1-5-10(13)12-7(2)6-11-8(3)9(12)4/h7-9,11H,5-6H2,1-4H3. The van der Waals surface area contributed by atoms with E-state index in [9.17, 15) is 4.79 Å². The van der Waals surface area contributed by atoms with Crippen molar-refractivity contribution in [2.75, 3.05) is 6.54 Å². The average molecular weight is 184 g/mol. The molecule has 1 rings (SSSR count). The fourth-order valence-corrected chi connectivity index (χ4v) is 1.92. The van der Waals surface area contributed by atoms with E-state index in [1.165, 1.54) is 0 Å². The second kappa shape index (κ2) is 4.09. The van der Waals surface area contributed by atoms with E-state index in [1.54, 1.807) is 0 Å². The second-order valence-corrected chi connectivity index (χ2v) is 3.94. The number of carbonyl (C=O) groups is 1. The van der Waals surface area contributed by atoms with Gasteiger partial charge in [-0.1, -0.05) is 6.92 Å². The molecule has 13 heavy (non-hydrogen) atoms. The van der Waals surface area contributed by atoms with Gasteiger partial charge in [0.1, 0.15) is 0 Å². The van der Waals surface area contributed by atoms with Gasteiger partial charge in [0.15, 0.2) is 0 Å². The van der Waals surface area contributed by atoms with Crippen molar-refractivity contribution in [3.05, 3.63) is 0 Å². The van der Waals surface area contributed by atoms with Crippen LogP contribution in [-0.4, -0.2) is 35.5 Å². The zero-order valence-electron chi connectivity index (χ0n) is 9.00. The van der Waals surface area contributed by atoms with Crippen LogP contribution in [0.4, 0.5) is 0 Å². The molecule has 1 N–H and O–H groups in total. The Morgan fingerprint density at radius 2 is 2.08 bits per heavy atom. The Kier molecular flexibility index (Phi) is 3.31. The molecular weight excluding hydrogens is 164 g/mol. The largest absolute Gasteiger partial charge is 0.334 e. The first kappa shape index (κ1) is 10.5. The zero-order valence-corrected chi connectivity index (χ0v) is 9.00. The first-order valence-corrected chi connectivity index (χ1v) is 5.12. The van der Waals surface area contributed by atoms with Gasteiger partial charge >= 0.3 is 0 Å². The minimum Gasteiger partial charge on any atom is -0.334 e. The van der Waals surface area contributed by atoms with Crippen molar-refractivity contribution < 1.29 is 4.79 Å². The van der Waals surface area contributed by atoms with Gasteiger partial charge in [-0.05, 0) is 20.8 Å². The van der Waals surface area contributed by atoms with Crippen molar-refractivity contribution >= 4 is 5.91 Å². The van der Waals surface area contributed by atoms with Crippen LogP contribution in [0, 0.1) is 0 Å². The highest BCUT2D eigenvalue weighted by molar-refractivity contribution is 5.76. The SMILES string of the molecule is CCC(=O)N1C(C)CNC(C)C1C. The van der Waals surface area contributed by atoms with Crippen LogP contribution < -0.4 is 5.32 Å². The Hall–Kier alpha value is -0.570. The van der Waals surface area contributed by atoms with Gasteiger partial charge in [-0.15, -0.1) is 0 Å². The molecule has 0 spiro atoms. The molecule has 3 nitrogen and oxygen atoms in total. The van der Waals surface area contributed by atoms with Crippen LogP contribution in [0.5, 0.6) is 0 Å². The van der Waals surface area contributed by atoms with Crippen molar-refractivity contribution in [2.24, 2.45) is 0 Å². The average Bonchev–Trinajstić information content (AvgIpc) is 2.12. The quantitative estimate of drug-likeness (QED) is 0.659. The van der Waals surface area contributed by atoms with E-state index >= 15 is 0 Å². The van der Waals surface area contributed by atoms with E-state index in [1.807, 2.05) is 11.8 Å². The maximum absolute atomic E-state index is 11.6. The van der Waals surface area contributed by atoms with E-state index in [-0.39, 0.29) is 5.91 Å². The van der Waals surface area contributed by atoms with Crippen LogP contribution in [0.15, 0.2) is 0 Å². The molecule has 0 bridgehead atoms. The summed E-state index contributed by atoms with van der Waals surface area (Å²) in [5.41, 5.74) is 0. The number of carbonyl (C=O) groups excluding carboxylic acids is 1. The molecule has 76 valence electrons. The molecular formula is C10H20N2O. The molecule has 0 aromatic heterocycles. The van der Waals surface area contributed by atoms with Gasteiger partial charge in [0, 0.05) is 31.1 Å². The van der Waals surface area contributed by atoms with Crippen LogP contribution in [0.1, 0.15) is 34.1 Å². The van der Waals surface area contributed by atoms with E-state index in [0.29, 0.717) is 24.5 Å². The summed E-state index contributed by atoms with van der Waals surface area (Å²) in [5, 5.41) is 3.40. The summed E-state index contributed by atoms with van der Waals surface area (Å²) in [7, 11) is 0. The maximum atomic E-state index is 11.6. The monoisotopic (exact) mass is 184 g/mol. The van der Waals surface area contributed by atoms with Crippen LogP contribution in [-0.2, 0) is 4.79 Å². The highest BCUT2D eigenvalue weighted by atomic mass is 16.2. The lowest BCUT2D eigenvalue weighted by atomic mass is 10.0. The van der Waals surface area contributed by atoms with E-state index in [0.717, 1.165) is 6.54 Å². The highest BCUT2D eigenvalue weighted by Gasteiger charge is 2.31. The summed E-state index contributed by atoms with van der Waals surface area (Å²) < 4.78 is 0. The Morgan fingerprint density at radius 3 is 2.62 bits per heavy atom. The van der Waals surface area contributed by atoms with Gasteiger partial charge in [0.25, 0.3) is 0 Å². The number of piperazine rings is 1. The molecule has 0 aromatic rings. The van der Waals surface area contributed by atoms with Gasteiger partial charge in [-0.3, -0.25) is 4.79 Å². The number of hydrogen-bond donors (Lipinski definition) is 1. The first-order valence-electron chi connectivity index (χ1n) is 5.12. The number of hydrogen-bond acceptors (Lipinski definition) is 2. The smallest absolute Gasteiger partial charge is 0.222 e. The Labute approximate surface area is 80.5 Å². The summed E-state index contributed by atoms with van der Waals surface area (Å²) >= 11 is 0. The van der Waals surface area contributed by atoms with E-state index in [2.05, 4.69) is 26.1 Å². The van der Waals surface area contributed by atoms with Crippen molar-refractivity contribution in [2.45, 2.75) is 52.2 Å². The molecule has 0 aliphatic carbocycles. The number of nitrogens with zero attached hydrogens (tertiary/aromatic N) is 1. The fraction of sp³-hybridized carbons (Fsp3) is 0.900. The minimum atomic E-state index is 0.272. The third kappa shape index (κ3) is 2.02. The third-order valence-corrected chi connectivity index (χ3v) is 2.96. The molecule has 1 fully saturated rings. The lowest BCUT2D eigenvalue weighted by Crippen LogP contribution is -2.61. The zero-order chi connectivity index (χ0) is 10.0. The molecule has 0 radical (unpaired) electrons. The lowest BCUT2D eigenvalue weighted by molar-refractivity contribution is -0.137. The number of nitrogens with one attached hydrogen (secondary N) is 1. The van der Waals surface area contributed by atoms with Crippen LogP contribution in [0.25, 0.3) is 0 Å². The second-order valence-electron chi connectivity index (χ2n) is 3.94. The van der Waals surface area contributed by atoms with Gasteiger partial charge in [0.2, 0.25) is 5.91 Å². The van der Waals surface area contributed by atoms with E-state index < -0.39 is 0 Å². The predicted octanol–water partition coefficient (Wildman–Crippen LogP) is 0.994. The Balaban J connectivity index is 2.71. The summed E-state index contributed by atoms with van der Waals surface area (Å²) in [6, 6.07) is 1.06. The molecule has 1 amide bonds. The Morgan fingerprint density at radius 1 is 1.46 bits per heavy atom. The molecule has 1 saturated heterocycles. The van der Waals surface area contributed by atoms with Crippen molar-refractivity contribution in [3.8, 4) is 0 Å². The van der Waals surface area contributed by atoms with Gasteiger partial charge in [-0.2, -0.15) is 0 Å². The van der Waals surface area contributed by atoms with Crippen molar-refractivity contribution in [1.29, 1.82) is 0 Å². The predicted molar refractivity (Wildman–Crippen MR) is 53.5 cm³/mol. The first-order chi connectivity index (χ1) is 6.07. The van der Waals surface area contributed by atoms with Crippen LogP contribution in [0.3, 0.4) is 0 Å². The molecule has 1 heterocycles. The molecule has 3 heteroatoms. The number of amides is 1. The summed E-state index contributed by atoms with van der Waals surface area (Å²) in [4.78, 5) is 13.6. The van der Waals surface area contributed by atoms with Crippen molar-refractivity contribution in [1.82, 2.24) is 10.2 Å². The number of rotatable bonds is 1. The summed E-state index contributed by atoms with van der Waals surface area (Å²) in [6.45, 7) is 9.18. The minimum absolute atomic E-state index is 0.272. The molecule has 0 saturated carbocycles. The van der Waals surface area contributed by atoms with Crippen LogP contribution >= 0.6 is 0 Å². The van der Waals surface area contributed by atoms with Crippen molar-refractivity contribution in [3.63, 3.8) is 0 Å². The van der Waals surface area contributed by atoms with Gasteiger partial charge in [-0.25, -0.2) is 0 Å². The molecule has 1 aliphatic heterocycles. The molecule has 0 aromatic carbocycles. The molecule has 3 atom stereocenters. The third-order valence-electron chi connectivity index (χ3n) is 2.96. The topological polar surface area (TPSA) is 32.3 Å². The van der Waals surface area contributed by atoms with Gasteiger partial charge in [0.05, 0.1) is 0 Å². The Bertz CT molecular complexity index is 193.